The Labute approximate surface area is 126 Å². The van der Waals surface area contributed by atoms with Gasteiger partial charge in [0.1, 0.15) is 11.6 Å². The Hall–Kier alpha value is -1.91. The van der Waals surface area contributed by atoms with Gasteiger partial charge in [-0.25, -0.2) is 0 Å². The second kappa shape index (κ2) is 6.70. The third kappa shape index (κ3) is 4.55. The number of nitrogens with zero attached hydrogens (tertiary/aromatic N) is 1. The van der Waals surface area contributed by atoms with E-state index in [1.54, 1.807) is 0 Å². The maximum absolute atomic E-state index is 8.68. The van der Waals surface area contributed by atoms with Crippen molar-refractivity contribution in [2.45, 2.75) is 45.6 Å². The summed E-state index contributed by atoms with van der Waals surface area (Å²) in [5, 5.41) is 15.2. The highest BCUT2D eigenvalue weighted by Gasteiger charge is 2.43. The van der Waals surface area contributed by atoms with Crippen LogP contribution in [0.15, 0.2) is 29.4 Å². The Kier molecular flexibility index (Phi) is 4.94. The van der Waals surface area contributed by atoms with Gasteiger partial charge in [0.15, 0.2) is 0 Å². The molecule has 1 atom stereocenters. The normalized spacial score (nSPS) is 18.1. The van der Waals surface area contributed by atoms with Crippen LogP contribution < -0.4 is 15.8 Å². The van der Waals surface area contributed by atoms with Crippen LogP contribution in [-0.4, -0.2) is 23.7 Å². The molecule has 2 rings (SSSR count). The van der Waals surface area contributed by atoms with E-state index < -0.39 is 0 Å². The molecule has 0 aromatic heterocycles. The van der Waals surface area contributed by atoms with E-state index in [2.05, 4.69) is 24.3 Å². The molecule has 0 bridgehead atoms. The molecule has 1 aliphatic rings. The van der Waals surface area contributed by atoms with Crippen LogP contribution in [0.1, 0.15) is 39.5 Å². The molecule has 1 unspecified atom stereocenters. The van der Waals surface area contributed by atoms with Crippen molar-refractivity contribution in [1.29, 1.82) is 0 Å². The van der Waals surface area contributed by atoms with Crippen LogP contribution in [0, 0.1) is 5.41 Å². The van der Waals surface area contributed by atoms with Gasteiger partial charge in [-0.1, -0.05) is 18.1 Å². The molecule has 1 aliphatic carbocycles. The lowest BCUT2D eigenvalue weighted by Crippen LogP contribution is -2.23. The zero-order chi connectivity index (χ0) is 15.3. The standard InChI is InChI=1S/C16H25N3O2/c1-3-12(2)21-14-6-4-5-13(9-14)18-11-16(7-8-16)10-15(17)19-20/h4-6,9,12,18,20H,3,7-8,10-11H2,1-2H3,(H2,17,19). The second-order valence-electron chi connectivity index (χ2n) is 5.99. The molecule has 1 fully saturated rings. The molecular weight excluding hydrogens is 266 g/mol. The number of anilines is 1. The topological polar surface area (TPSA) is 79.9 Å². The molecule has 5 heteroatoms. The summed E-state index contributed by atoms with van der Waals surface area (Å²) in [5.41, 5.74) is 6.80. The predicted molar refractivity (Wildman–Crippen MR) is 85.0 cm³/mol. The average Bonchev–Trinajstić information content (AvgIpc) is 3.25. The molecule has 0 radical (unpaired) electrons. The summed E-state index contributed by atoms with van der Waals surface area (Å²) in [6, 6.07) is 8.01. The molecule has 0 amide bonds. The van der Waals surface area contributed by atoms with E-state index in [9.17, 15) is 0 Å². The number of nitrogens with one attached hydrogen (secondary N) is 1. The first kappa shape index (κ1) is 15.5. The third-order valence-electron chi connectivity index (χ3n) is 4.06. The lowest BCUT2D eigenvalue weighted by atomic mass is 10.0. The molecule has 0 aliphatic heterocycles. The lowest BCUT2D eigenvalue weighted by molar-refractivity contribution is 0.217. The van der Waals surface area contributed by atoms with E-state index in [1.807, 2.05) is 24.3 Å². The number of benzene rings is 1. The smallest absolute Gasteiger partial charge is 0.139 e. The number of oxime groups is 1. The van der Waals surface area contributed by atoms with Crippen molar-refractivity contribution < 1.29 is 9.94 Å². The number of nitrogens with two attached hydrogens (primary N) is 1. The fraction of sp³-hybridized carbons (Fsp3) is 0.562. The molecule has 1 saturated carbocycles. The lowest BCUT2D eigenvalue weighted by Gasteiger charge is -2.17. The van der Waals surface area contributed by atoms with Crippen LogP contribution in [0.4, 0.5) is 5.69 Å². The molecule has 116 valence electrons. The predicted octanol–water partition coefficient (Wildman–Crippen LogP) is 3.19. The van der Waals surface area contributed by atoms with Crippen molar-refractivity contribution >= 4 is 11.5 Å². The van der Waals surface area contributed by atoms with E-state index in [-0.39, 0.29) is 11.5 Å². The van der Waals surface area contributed by atoms with Crippen LogP contribution in [0.5, 0.6) is 5.75 Å². The van der Waals surface area contributed by atoms with E-state index in [0.29, 0.717) is 12.3 Å². The minimum atomic E-state index is 0.143. The van der Waals surface area contributed by atoms with Gasteiger partial charge < -0.3 is 21.0 Å². The highest BCUT2D eigenvalue weighted by atomic mass is 16.5. The summed E-state index contributed by atoms with van der Waals surface area (Å²) < 4.78 is 5.82. The van der Waals surface area contributed by atoms with E-state index >= 15 is 0 Å². The first-order valence-corrected chi connectivity index (χ1v) is 7.54. The first-order chi connectivity index (χ1) is 10.1. The Bertz CT molecular complexity index is 498. The van der Waals surface area contributed by atoms with Gasteiger partial charge in [0, 0.05) is 24.7 Å². The summed E-state index contributed by atoms with van der Waals surface area (Å²) in [6.45, 7) is 5.00. The molecule has 1 aromatic carbocycles. The van der Waals surface area contributed by atoms with Gasteiger partial charge in [-0.15, -0.1) is 0 Å². The van der Waals surface area contributed by atoms with Gasteiger partial charge in [-0.3, -0.25) is 0 Å². The summed E-state index contributed by atoms with van der Waals surface area (Å²) >= 11 is 0. The quantitative estimate of drug-likeness (QED) is 0.297. The summed E-state index contributed by atoms with van der Waals surface area (Å²) in [5.74, 6) is 1.19. The molecule has 5 nitrogen and oxygen atoms in total. The van der Waals surface area contributed by atoms with E-state index in [0.717, 1.165) is 37.2 Å². The maximum atomic E-state index is 8.68. The molecule has 0 saturated heterocycles. The molecule has 4 N–H and O–H groups in total. The summed E-state index contributed by atoms with van der Waals surface area (Å²) in [7, 11) is 0. The zero-order valence-electron chi connectivity index (χ0n) is 12.8. The van der Waals surface area contributed by atoms with Gasteiger partial charge in [0.25, 0.3) is 0 Å². The Morgan fingerprint density at radius 2 is 2.29 bits per heavy atom. The van der Waals surface area contributed by atoms with Crippen LogP contribution in [0.25, 0.3) is 0 Å². The number of hydrogen-bond donors (Lipinski definition) is 3. The fourth-order valence-electron chi connectivity index (χ4n) is 2.30. The molecule has 21 heavy (non-hydrogen) atoms. The fourth-order valence-corrected chi connectivity index (χ4v) is 2.30. The minimum absolute atomic E-state index is 0.143. The zero-order valence-corrected chi connectivity index (χ0v) is 12.8. The monoisotopic (exact) mass is 291 g/mol. The van der Waals surface area contributed by atoms with Gasteiger partial charge in [0.05, 0.1) is 6.10 Å². The first-order valence-electron chi connectivity index (χ1n) is 7.54. The van der Waals surface area contributed by atoms with Gasteiger partial charge in [-0.05, 0) is 43.7 Å². The average molecular weight is 291 g/mol. The SMILES string of the molecule is CCC(C)Oc1cccc(NCC2(CC(N)=NO)CC2)c1. The van der Waals surface area contributed by atoms with Crippen molar-refractivity contribution in [3.63, 3.8) is 0 Å². The van der Waals surface area contributed by atoms with E-state index in [4.69, 9.17) is 15.7 Å². The van der Waals surface area contributed by atoms with Crippen LogP contribution >= 0.6 is 0 Å². The number of rotatable bonds is 8. The van der Waals surface area contributed by atoms with Crippen molar-refractivity contribution in [2.75, 3.05) is 11.9 Å². The highest BCUT2D eigenvalue weighted by molar-refractivity contribution is 5.80. The van der Waals surface area contributed by atoms with Crippen LogP contribution in [0.3, 0.4) is 0 Å². The minimum Gasteiger partial charge on any atom is -0.491 e. The summed E-state index contributed by atoms with van der Waals surface area (Å²) in [4.78, 5) is 0. The van der Waals surface area contributed by atoms with Gasteiger partial charge in [-0.2, -0.15) is 0 Å². The Morgan fingerprint density at radius 1 is 1.52 bits per heavy atom. The number of amidine groups is 1. The van der Waals surface area contributed by atoms with Crippen molar-refractivity contribution in [2.24, 2.45) is 16.3 Å². The van der Waals surface area contributed by atoms with Crippen LogP contribution in [-0.2, 0) is 0 Å². The maximum Gasteiger partial charge on any atom is 0.139 e. The van der Waals surface area contributed by atoms with Crippen molar-refractivity contribution in [1.82, 2.24) is 0 Å². The largest absolute Gasteiger partial charge is 0.491 e. The van der Waals surface area contributed by atoms with Crippen LogP contribution in [0.2, 0.25) is 0 Å². The van der Waals surface area contributed by atoms with E-state index in [1.165, 1.54) is 0 Å². The Balaban J connectivity index is 1.90. The number of ether oxygens (including phenoxy) is 1. The van der Waals surface area contributed by atoms with Crippen molar-refractivity contribution in [3.05, 3.63) is 24.3 Å². The second-order valence-corrected chi connectivity index (χ2v) is 5.99. The van der Waals surface area contributed by atoms with Gasteiger partial charge in [0.2, 0.25) is 0 Å². The van der Waals surface area contributed by atoms with Crippen molar-refractivity contribution in [3.8, 4) is 5.75 Å². The van der Waals surface area contributed by atoms with Gasteiger partial charge >= 0.3 is 0 Å². The molecule has 0 heterocycles. The number of hydrogen-bond acceptors (Lipinski definition) is 4. The Morgan fingerprint density at radius 3 is 2.90 bits per heavy atom. The molecule has 1 aromatic rings. The highest BCUT2D eigenvalue weighted by Crippen LogP contribution is 2.48. The molecule has 0 spiro atoms. The summed E-state index contributed by atoms with van der Waals surface area (Å²) in [6.07, 6.45) is 4.06. The third-order valence-corrected chi connectivity index (χ3v) is 4.06. The molecular formula is C16H25N3O2.